The maximum Gasteiger partial charge on any atom is 0.387 e. The van der Waals surface area contributed by atoms with Gasteiger partial charge in [0, 0.05) is 18.2 Å². The van der Waals surface area contributed by atoms with Crippen LogP contribution in [0.1, 0.15) is 30.0 Å². The number of hydrogen-bond donors (Lipinski definition) is 3. The summed E-state index contributed by atoms with van der Waals surface area (Å²) in [7, 11) is 0. The Morgan fingerprint density at radius 2 is 1.97 bits per heavy atom. The lowest BCUT2D eigenvalue weighted by Crippen LogP contribution is -2.45. The molecule has 2 aromatic rings. The van der Waals surface area contributed by atoms with Crippen LogP contribution in [0.4, 0.5) is 8.78 Å². The van der Waals surface area contributed by atoms with Gasteiger partial charge in [0.15, 0.2) is 17.5 Å². The summed E-state index contributed by atoms with van der Waals surface area (Å²) in [5.41, 5.74) is 1.51. The van der Waals surface area contributed by atoms with Gasteiger partial charge in [0.25, 0.3) is 0 Å². The highest BCUT2D eigenvalue weighted by molar-refractivity contribution is 14.0. The Morgan fingerprint density at radius 3 is 2.72 bits per heavy atom. The lowest BCUT2D eigenvalue weighted by molar-refractivity contribution is -0.0505. The first-order valence-corrected chi connectivity index (χ1v) is 10.2. The van der Waals surface area contributed by atoms with Gasteiger partial charge < -0.3 is 30.0 Å². The van der Waals surface area contributed by atoms with Gasteiger partial charge in [0.2, 0.25) is 6.79 Å². The molecule has 1 atom stereocenters. The van der Waals surface area contributed by atoms with E-state index in [9.17, 15) is 13.9 Å². The number of hydrogen-bond acceptors (Lipinski definition) is 5. The molecule has 0 saturated heterocycles. The SMILES string of the molecule is CCNC(=NCc1cc2c(cc1OC(F)F)OCO2)NCC1(O)CCc2ccccc21.I. The third-order valence-electron chi connectivity index (χ3n) is 5.40. The molecule has 2 aromatic carbocycles. The van der Waals surface area contributed by atoms with E-state index in [1.54, 1.807) is 6.07 Å². The quantitative estimate of drug-likeness (QED) is 0.273. The summed E-state index contributed by atoms with van der Waals surface area (Å²) in [6, 6.07) is 10.8. The van der Waals surface area contributed by atoms with Crippen LogP contribution in [0.25, 0.3) is 0 Å². The summed E-state index contributed by atoms with van der Waals surface area (Å²) in [5.74, 6) is 1.26. The Bertz CT molecular complexity index is 976. The number of aryl methyl sites for hydroxylation is 1. The number of benzene rings is 2. The minimum Gasteiger partial charge on any atom is -0.454 e. The monoisotopic (exact) mass is 561 g/mol. The van der Waals surface area contributed by atoms with Crippen LogP contribution in [-0.2, 0) is 18.6 Å². The molecule has 10 heteroatoms. The predicted octanol–water partition coefficient (Wildman–Crippen LogP) is 3.52. The van der Waals surface area contributed by atoms with Crippen molar-refractivity contribution in [3.63, 3.8) is 0 Å². The van der Waals surface area contributed by atoms with Gasteiger partial charge in [-0.25, -0.2) is 4.99 Å². The van der Waals surface area contributed by atoms with Crippen LogP contribution in [0, 0.1) is 0 Å². The average Bonchev–Trinajstić information content (AvgIpc) is 3.34. The second kappa shape index (κ2) is 10.5. The van der Waals surface area contributed by atoms with E-state index < -0.39 is 12.2 Å². The zero-order valence-corrected chi connectivity index (χ0v) is 19.9. The van der Waals surface area contributed by atoms with Crippen molar-refractivity contribution >= 4 is 29.9 Å². The number of aliphatic imine (C=N–C) groups is 1. The molecule has 1 aliphatic heterocycles. The number of rotatable bonds is 7. The van der Waals surface area contributed by atoms with Crippen LogP contribution in [0.15, 0.2) is 41.4 Å². The molecule has 0 aromatic heterocycles. The van der Waals surface area contributed by atoms with Crippen LogP contribution in [-0.4, -0.2) is 37.6 Å². The van der Waals surface area contributed by atoms with Gasteiger partial charge in [-0.3, -0.25) is 0 Å². The number of fused-ring (bicyclic) bond motifs is 2. The van der Waals surface area contributed by atoms with Gasteiger partial charge in [0.05, 0.1) is 13.1 Å². The predicted molar refractivity (Wildman–Crippen MR) is 126 cm³/mol. The molecule has 0 fully saturated rings. The molecule has 174 valence electrons. The van der Waals surface area contributed by atoms with Gasteiger partial charge in [-0.2, -0.15) is 8.78 Å². The van der Waals surface area contributed by atoms with Crippen molar-refractivity contribution in [2.24, 2.45) is 4.99 Å². The molecule has 0 radical (unpaired) electrons. The van der Waals surface area contributed by atoms with E-state index in [0.717, 1.165) is 17.5 Å². The Kier molecular flexibility index (Phi) is 7.99. The molecule has 4 rings (SSSR count). The van der Waals surface area contributed by atoms with Gasteiger partial charge in [-0.1, -0.05) is 24.3 Å². The van der Waals surface area contributed by atoms with Gasteiger partial charge in [-0.15, -0.1) is 24.0 Å². The normalized spacial score (nSPS) is 18.8. The van der Waals surface area contributed by atoms with E-state index in [1.807, 2.05) is 31.2 Å². The highest BCUT2D eigenvalue weighted by atomic mass is 127. The number of alkyl halides is 2. The molecule has 0 amide bonds. The third-order valence-corrected chi connectivity index (χ3v) is 5.40. The molecule has 1 heterocycles. The lowest BCUT2D eigenvalue weighted by atomic mass is 9.96. The lowest BCUT2D eigenvalue weighted by Gasteiger charge is -2.25. The van der Waals surface area contributed by atoms with Gasteiger partial charge in [-0.05, 0) is 37.0 Å². The van der Waals surface area contributed by atoms with Crippen LogP contribution in [0.5, 0.6) is 17.2 Å². The standard InChI is InChI=1S/C22H25F2N3O4.HI/c1-2-25-21(27-12-22(28)8-7-14-5-3-4-6-16(14)22)26-11-15-9-18-19(30-13-29-18)10-17(15)31-20(23)24;/h3-6,9-10,20,28H,2,7-8,11-13H2,1H3,(H2,25,26,27);1H. The van der Waals surface area contributed by atoms with E-state index in [-0.39, 0.29) is 49.6 Å². The van der Waals surface area contributed by atoms with E-state index in [4.69, 9.17) is 9.47 Å². The summed E-state index contributed by atoms with van der Waals surface area (Å²) in [5, 5.41) is 17.4. The van der Waals surface area contributed by atoms with Gasteiger partial charge >= 0.3 is 6.61 Å². The van der Waals surface area contributed by atoms with Crippen molar-refractivity contribution in [1.29, 1.82) is 0 Å². The van der Waals surface area contributed by atoms with Crippen LogP contribution in [0.3, 0.4) is 0 Å². The summed E-state index contributed by atoms with van der Waals surface area (Å²) < 4.78 is 40.9. The first kappa shape index (κ1) is 24.3. The molecule has 1 unspecified atom stereocenters. The van der Waals surface area contributed by atoms with E-state index in [1.165, 1.54) is 6.07 Å². The second-order valence-electron chi connectivity index (χ2n) is 7.43. The Balaban J connectivity index is 0.00000289. The average molecular weight is 561 g/mol. The molecule has 2 aliphatic rings. The van der Waals surface area contributed by atoms with E-state index in [0.29, 0.717) is 36.0 Å². The minimum atomic E-state index is -2.97. The van der Waals surface area contributed by atoms with Crippen molar-refractivity contribution in [1.82, 2.24) is 10.6 Å². The highest BCUT2D eigenvalue weighted by Crippen LogP contribution is 2.39. The molecule has 0 spiro atoms. The van der Waals surface area contributed by atoms with E-state index >= 15 is 0 Å². The summed E-state index contributed by atoms with van der Waals surface area (Å²) in [6.45, 7) is -0.0718. The third kappa shape index (κ3) is 5.34. The second-order valence-corrected chi connectivity index (χ2v) is 7.43. The molecule has 0 saturated carbocycles. The topological polar surface area (TPSA) is 84.3 Å². The number of halogens is 3. The molecule has 0 bridgehead atoms. The number of nitrogens with zero attached hydrogens (tertiary/aromatic N) is 1. The fourth-order valence-corrected chi connectivity index (χ4v) is 3.88. The Morgan fingerprint density at radius 1 is 1.22 bits per heavy atom. The first-order chi connectivity index (χ1) is 15.0. The van der Waals surface area contributed by atoms with Gasteiger partial charge in [0.1, 0.15) is 11.4 Å². The first-order valence-electron chi connectivity index (χ1n) is 10.2. The van der Waals surface area contributed by atoms with Crippen LogP contribution >= 0.6 is 24.0 Å². The van der Waals surface area contributed by atoms with Crippen LogP contribution < -0.4 is 24.8 Å². The number of nitrogens with one attached hydrogen (secondary N) is 2. The molecule has 1 aliphatic carbocycles. The van der Waals surface area contributed by atoms with E-state index in [2.05, 4.69) is 20.4 Å². The summed E-state index contributed by atoms with van der Waals surface area (Å²) >= 11 is 0. The zero-order chi connectivity index (χ0) is 21.8. The van der Waals surface area contributed by atoms with Crippen molar-refractivity contribution in [3.8, 4) is 17.2 Å². The Labute approximate surface area is 202 Å². The highest BCUT2D eigenvalue weighted by Gasteiger charge is 2.36. The molecular weight excluding hydrogens is 535 g/mol. The van der Waals surface area contributed by atoms with Crippen molar-refractivity contribution in [2.45, 2.75) is 38.5 Å². The summed E-state index contributed by atoms with van der Waals surface area (Å²) in [4.78, 5) is 4.49. The van der Waals surface area contributed by atoms with Crippen molar-refractivity contribution < 1.29 is 28.1 Å². The number of aliphatic hydroxyl groups is 1. The minimum absolute atomic E-state index is 0. The molecule has 3 N–H and O–H groups in total. The fraction of sp³-hybridized carbons (Fsp3) is 0.409. The largest absolute Gasteiger partial charge is 0.454 e. The maximum absolute atomic E-state index is 12.8. The molecule has 7 nitrogen and oxygen atoms in total. The maximum atomic E-state index is 12.8. The smallest absolute Gasteiger partial charge is 0.387 e. The van der Waals surface area contributed by atoms with Crippen molar-refractivity contribution in [3.05, 3.63) is 53.1 Å². The molecular formula is C22H26F2IN3O4. The van der Waals surface area contributed by atoms with Crippen LogP contribution in [0.2, 0.25) is 0 Å². The van der Waals surface area contributed by atoms with Crippen molar-refractivity contribution in [2.75, 3.05) is 19.9 Å². The summed E-state index contributed by atoms with van der Waals surface area (Å²) in [6.07, 6.45) is 1.43. The molecule has 32 heavy (non-hydrogen) atoms. The number of guanidine groups is 1. The zero-order valence-electron chi connectivity index (χ0n) is 17.6. The number of ether oxygens (including phenoxy) is 3. The fourth-order valence-electron chi connectivity index (χ4n) is 3.88. The Hall–Kier alpha value is -2.34.